The van der Waals surface area contributed by atoms with E-state index < -0.39 is 0 Å². The number of anilines is 1. The van der Waals surface area contributed by atoms with E-state index in [1.165, 1.54) is 0 Å². The summed E-state index contributed by atoms with van der Waals surface area (Å²) in [5, 5.41) is 6.73. The highest BCUT2D eigenvalue weighted by molar-refractivity contribution is 6.30. The van der Waals surface area contributed by atoms with E-state index in [4.69, 9.17) is 16.6 Å². The van der Waals surface area contributed by atoms with Crippen molar-refractivity contribution in [2.75, 3.05) is 5.32 Å². The van der Waals surface area contributed by atoms with Crippen LogP contribution in [0.2, 0.25) is 5.02 Å². The second-order valence-electron chi connectivity index (χ2n) is 8.73. The van der Waals surface area contributed by atoms with Gasteiger partial charge in [0.15, 0.2) is 0 Å². The molecular weight excluding hydrogens is 484 g/mol. The lowest BCUT2D eigenvalue weighted by Gasteiger charge is -2.15. The standard InChI is InChI=1S/C30H25ClN4O2/c31-24-13-11-23(12-14-24)20-35-28(17-21-7-3-1-4-8-21)34-27-16-15-25(18-26(27)29(35)36)33-30(37)32-19-22-9-5-2-6-10-22/h1-16,18H,17,19-20H2,(H2,32,33,37). The van der Waals surface area contributed by atoms with Crippen LogP contribution >= 0.6 is 11.6 Å². The highest BCUT2D eigenvalue weighted by atomic mass is 35.5. The molecule has 0 saturated heterocycles. The predicted molar refractivity (Wildman–Crippen MR) is 148 cm³/mol. The largest absolute Gasteiger partial charge is 0.334 e. The van der Waals surface area contributed by atoms with E-state index in [0.717, 1.165) is 16.7 Å². The number of urea groups is 1. The maximum atomic E-state index is 13.7. The third kappa shape index (κ3) is 6.05. The molecule has 1 aromatic heterocycles. The molecule has 6 nitrogen and oxygen atoms in total. The molecular formula is C30H25ClN4O2. The smallest absolute Gasteiger partial charge is 0.319 e. The number of fused-ring (bicyclic) bond motifs is 1. The van der Waals surface area contributed by atoms with Gasteiger partial charge in [0, 0.05) is 23.7 Å². The van der Waals surface area contributed by atoms with Crippen LogP contribution in [0.1, 0.15) is 22.5 Å². The Kier molecular flexibility index (Phi) is 7.28. The summed E-state index contributed by atoms with van der Waals surface area (Å²) in [6.07, 6.45) is 0.515. The Labute approximate surface area is 219 Å². The molecule has 0 bridgehead atoms. The van der Waals surface area contributed by atoms with Crippen molar-refractivity contribution in [3.05, 3.63) is 141 Å². The predicted octanol–water partition coefficient (Wildman–Crippen LogP) is 6.01. The van der Waals surface area contributed by atoms with Gasteiger partial charge in [0.1, 0.15) is 5.82 Å². The van der Waals surface area contributed by atoms with Gasteiger partial charge >= 0.3 is 6.03 Å². The molecule has 0 spiro atoms. The van der Waals surface area contributed by atoms with Crippen LogP contribution in [0.3, 0.4) is 0 Å². The average Bonchev–Trinajstić information content (AvgIpc) is 2.92. The van der Waals surface area contributed by atoms with Crippen LogP contribution in [-0.4, -0.2) is 15.6 Å². The first kappa shape index (κ1) is 24.3. The van der Waals surface area contributed by atoms with Gasteiger partial charge in [-0.2, -0.15) is 0 Å². The number of rotatable bonds is 7. The van der Waals surface area contributed by atoms with Gasteiger partial charge < -0.3 is 10.6 Å². The normalized spacial score (nSPS) is 10.8. The van der Waals surface area contributed by atoms with Gasteiger partial charge in [0.25, 0.3) is 5.56 Å². The van der Waals surface area contributed by atoms with Crippen molar-refractivity contribution in [2.45, 2.75) is 19.5 Å². The van der Waals surface area contributed by atoms with E-state index >= 15 is 0 Å². The molecule has 0 aliphatic carbocycles. The second-order valence-corrected chi connectivity index (χ2v) is 9.17. The highest BCUT2D eigenvalue weighted by Gasteiger charge is 2.14. The fraction of sp³-hybridized carbons (Fsp3) is 0.100. The summed E-state index contributed by atoms with van der Waals surface area (Å²) in [4.78, 5) is 31.0. The van der Waals surface area contributed by atoms with Crippen molar-refractivity contribution in [2.24, 2.45) is 0 Å². The minimum atomic E-state index is -0.349. The molecule has 0 aliphatic heterocycles. The van der Waals surface area contributed by atoms with E-state index in [2.05, 4.69) is 10.6 Å². The molecule has 37 heavy (non-hydrogen) atoms. The van der Waals surface area contributed by atoms with Gasteiger partial charge in [-0.25, -0.2) is 9.78 Å². The Morgan fingerprint density at radius 2 is 1.49 bits per heavy atom. The van der Waals surface area contributed by atoms with Gasteiger partial charge in [0.05, 0.1) is 17.4 Å². The van der Waals surface area contributed by atoms with Gasteiger partial charge in [0.2, 0.25) is 0 Å². The number of aromatic nitrogens is 2. The van der Waals surface area contributed by atoms with Crippen molar-refractivity contribution in [3.8, 4) is 0 Å². The van der Waals surface area contributed by atoms with Crippen LogP contribution in [0.15, 0.2) is 108 Å². The number of carbonyl (C=O) groups excluding carboxylic acids is 1. The van der Waals surface area contributed by atoms with Crippen LogP contribution in [0, 0.1) is 0 Å². The Morgan fingerprint density at radius 3 is 2.19 bits per heavy atom. The minimum absolute atomic E-state index is 0.167. The Balaban J connectivity index is 1.45. The third-order valence-electron chi connectivity index (χ3n) is 6.05. The molecule has 7 heteroatoms. The van der Waals surface area contributed by atoms with E-state index in [1.807, 2.05) is 84.9 Å². The molecule has 2 amide bonds. The molecule has 5 aromatic rings. The van der Waals surface area contributed by atoms with Crippen molar-refractivity contribution in [1.29, 1.82) is 0 Å². The van der Waals surface area contributed by atoms with Crippen LogP contribution in [0.25, 0.3) is 10.9 Å². The van der Waals surface area contributed by atoms with Crippen molar-refractivity contribution < 1.29 is 4.79 Å². The van der Waals surface area contributed by atoms with Gasteiger partial charge in [-0.1, -0.05) is 84.4 Å². The lowest BCUT2D eigenvalue weighted by Crippen LogP contribution is -2.29. The first-order valence-electron chi connectivity index (χ1n) is 12.0. The zero-order valence-corrected chi connectivity index (χ0v) is 20.8. The zero-order valence-electron chi connectivity index (χ0n) is 20.0. The van der Waals surface area contributed by atoms with Crippen LogP contribution in [0.5, 0.6) is 0 Å². The summed E-state index contributed by atoms with van der Waals surface area (Å²) >= 11 is 6.06. The third-order valence-corrected chi connectivity index (χ3v) is 6.30. The first-order chi connectivity index (χ1) is 18.0. The molecule has 0 saturated carbocycles. The maximum Gasteiger partial charge on any atom is 0.319 e. The average molecular weight is 509 g/mol. The lowest BCUT2D eigenvalue weighted by atomic mass is 10.1. The van der Waals surface area contributed by atoms with Crippen LogP contribution in [0.4, 0.5) is 10.5 Å². The molecule has 0 atom stereocenters. The fourth-order valence-corrected chi connectivity index (χ4v) is 4.27. The van der Waals surface area contributed by atoms with E-state index in [-0.39, 0.29) is 11.6 Å². The molecule has 0 aliphatic rings. The quantitative estimate of drug-likeness (QED) is 0.282. The molecule has 184 valence electrons. The summed E-state index contributed by atoms with van der Waals surface area (Å²) in [5.41, 5.74) is 3.93. The van der Waals surface area contributed by atoms with E-state index in [1.54, 1.807) is 22.8 Å². The number of nitrogens with one attached hydrogen (secondary N) is 2. The number of benzene rings is 4. The monoisotopic (exact) mass is 508 g/mol. The number of nitrogens with zero attached hydrogens (tertiary/aromatic N) is 2. The number of hydrogen-bond acceptors (Lipinski definition) is 3. The Morgan fingerprint density at radius 1 is 0.811 bits per heavy atom. The summed E-state index contributed by atoms with van der Waals surface area (Å²) in [5.74, 6) is 0.667. The maximum absolute atomic E-state index is 13.7. The number of hydrogen-bond donors (Lipinski definition) is 2. The molecule has 2 N–H and O–H groups in total. The number of carbonyl (C=O) groups is 1. The fourth-order valence-electron chi connectivity index (χ4n) is 4.15. The van der Waals surface area contributed by atoms with Crippen molar-refractivity contribution in [1.82, 2.24) is 14.9 Å². The molecule has 0 fully saturated rings. The topological polar surface area (TPSA) is 76.0 Å². The molecule has 0 unspecified atom stereocenters. The number of amides is 2. The molecule has 4 aromatic carbocycles. The van der Waals surface area contributed by atoms with Crippen LogP contribution < -0.4 is 16.2 Å². The van der Waals surface area contributed by atoms with Crippen molar-refractivity contribution in [3.63, 3.8) is 0 Å². The Bertz CT molecular complexity index is 1580. The molecule has 1 heterocycles. The molecule has 5 rings (SSSR count). The SMILES string of the molecule is O=C(NCc1ccccc1)Nc1ccc2nc(Cc3ccccc3)n(Cc3ccc(Cl)cc3)c(=O)c2c1. The van der Waals surface area contributed by atoms with Gasteiger partial charge in [-0.05, 0) is 47.0 Å². The van der Waals surface area contributed by atoms with E-state index in [9.17, 15) is 9.59 Å². The van der Waals surface area contributed by atoms with Crippen molar-refractivity contribution >= 4 is 34.2 Å². The number of halogens is 1. The highest BCUT2D eigenvalue weighted by Crippen LogP contribution is 2.18. The minimum Gasteiger partial charge on any atom is -0.334 e. The van der Waals surface area contributed by atoms with Crippen LogP contribution in [-0.2, 0) is 19.5 Å². The Hall–Kier alpha value is -4.42. The summed E-state index contributed by atoms with van der Waals surface area (Å²) < 4.78 is 1.69. The van der Waals surface area contributed by atoms with Gasteiger partial charge in [-0.15, -0.1) is 0 Å². The first-order valence-corrected chi connectivity index (χ1v) is 12.3. The lowest BCUT2D eigenvalue weighted by molar-refractivity contribution is 0.251. The molecule has 0 radical (unpaired) electrons. The summed E-state index contributed by atoms with van der Waals surface area (Å²) in [6.45, 7) is 0.759. The van der Waals surface area contributed by atoms with E-state index in [0.29, 0.717) is 46.9 Å². The van der Waals surface area contributed by atoms with Gasteiger partial charge in [-0.3, -0.25) is 9.36 Å². The summed E-state index contributed by atoms with van der Waals surface area (Å²) in [6, 6.07) is 31.9. The summed E-state index contributed by atoms with van der Waals surface area (Å²) in [7, 11) is 0. The second kappa shape index (κ2) is 11.1. The zero-order chi connectivity index (χ0) is 25.6.